The molecule has 1 nitrogen and oxygen atoms in total. The van der Waals surface area contributed by atoms with Gasteiger partial charge in [0.05, 0.1) is 18.2 Å². The van der Waals surface area contributed by atoms with Crippen molar-refractivity contribution in [1.82, 2.24) is 0 Å². The fraction of sp³-hybridized carbons (Fsp3) is 0.0370. The first kappa shape index (κ1) is 21.8. The van der Waals surface area contributed by atoms with Gasteiger partial charge < -0.3 is 4.74 Å². The molecule has 0 amide bonds. The minimum absolute atomic E-state index is 0.0247. The zero-order chi connectivity index (χ0) is 24.1. The number of halogens is 6. The molecule has 5 rings (SSSR count). The molecule has 0 fully saturated rings. The lowest BCUT2D eigenvalue weighted by Crippen LogP contribution is -2.01. The van der Waals surface area contributed by atoms with Crippen molar-refractivity contribution in [2.24, 2.45) is 0 Å². The summed E-state index contributed by atoms with van der Waals surface area (Å²) in [5, 5.41) is 0.799. The topological polar surface area (TPSA) is 9.23 Å². The zero-order valence-corrected chi connectivity index (χ0v) is 17.5. The summed E-state index contributed by atoms with van der Waals surface area (Å²) in [6.45, 7) is 0. The maximum Gasteiger partial charge on any atom is 0.169 e. The summed E-state index contributed by atoms with van der Waals surface area (Å²) in [7, 11) is 1.27. The molecule has 0 unspecified atom stereocenters. The molecule has 0 saturated carbocycles. The van der Waals surface area contributed by atoms with Gasteiger partial charge in [-0.2, -0.15) is 0 Å². The number of hydrogen-bond donors (Lipinski definition) is 0. The molecule has 0 heterocycles. The van der Waals surface area contributed by atoms with E-state index >= 15 is 8.78 Å². The number of benzene rings is 5. The molecule has 0 saturated heterocycles. The monoisotopic (exact) mass is 468 g/mol. The molecular formula is C27H14F6O. The Bertz CT molecular complexity index is 1500. The van der Waals surface area contributed by atoms with Gasteiger partial charge in [0, 0.05) is 29.3 Å². The van der Waals surface area contributed by atoms with Gasteiger partial charge in [-0.1, -0.05) is 48.5 Å². The first-order valence-electron chi connectivity index (χ1n) is 10.1. The van der Waals surface area contributed by atoms with Gasteiger partial charge in [-0.15, -0.1) is 0 Å². The molecule has 0 aliphatic carbocycles. The maximum absolute atomic E-state index is 15.2. The standard InChI is InChI=1S/C27H14F6O/c1-34-13-10-18(28)24(19(29)11-13)22-14-6-2-4-8-16(14)23(17-9-5-3-7-15(17)22)25-26(32)20(30)12-21(31)27(25)33/h2-12H,1H3. The highest BCUT2D eigenvalue weighted by Gasteiger charge is 2.27. The summed E-state index contributed by atoms with van der Waals surface area (Å²) < 4.78 is 93.3. The normalized spacial score (nSPS) is 11.4. The highest BCUT2D eigenvalue weighted by atomic mass is 19.2. The quantitative estimate of drug-likeness (QED) is 0.147. The molecule has 0 atom stereocenters. The van der Waals surface area contributed by atoms with Crippen LogP contribution in [-0.4, -0.2) is 7.11 Å². The fourth-order valence-electron chi connectivity index (χ4n) is 4.37. The van der Waals surface area contributed by atoms with E-state index in [2.05, 4.69) is 0 Å². The number of ether oxygens (including phenoxy) is 1. The van der Waals surface area contributed by atoms with Crippen molar-refractivity contribution in [2.75, 3.05) is 7.11 Å². The minimum Gasteiger partial charge on any atom is -0.497 e. The van der Waals surface area contributed by atoms with Crippen LogP contribution in [0.2, 0.25) is 0 Å². The van der Waals surface area contributed by atoms with Crippen LogP contribution >= 0.6 is 0 Å². The second-order valence-electron chi connectivity index (χ2n) is 7.65. The largest absolute Gasteiger partial charge is 0.497 e. The van der Waals surface area contributed by atoms with Crippen LogP contribution < -0.4 is 4.74 Å². The van der Waals surface area contributed by atoms with Gasteiger partial charge in [0.15, 0.2) is 23.3 Å². The van der Waals surface area contributed by atoms with Gasteiger partial charge in [-0.3, -0.25) is 0 Å². The Morgan fingerprint density at radius 2 is 0.853 bits per heavy atom. The third-order valence-corrected chi connectivity index (χ3v) is 5.79. The first-order chi connectivity index (χ1) is 16.3. The summed E-state index contributed by atoms with van der Waals surface area (Å²) in [5.41, 5.74) is -1.26. The lowest BCUT2D eigenvalue weighted by Gasteiger charge is -2.19. The third kappa shape index (κ3) is 3.19. The summed E-state index contributed by atoms with van der Waals surface area (Å²) in [6.07, 6.45) is 0. The van der Waals surface area contributed by atoms with Crippen LogP contribution in [0.1, 0.15) is 0 Å². The predicted molar refractivity (Wildman–Crippen MR) is 119 cm³/mol. The van der Waals surface area contributed by atoms with E-state index in [4.69, 9.17) is 4.74 Å². The molecule has 34 heavy (non-hydrogen) atoms. The Morgan fingerprint density at radius 3 is 1.24 bits per heavy atom. The average molecular weight is 468 g/mol. The maximum atomic E-state index is 15.2. The van der Waals surface area contributed by atoms with Gasteiger partial charge in [0.25, 0.3) is 0 Å². The lowest BCUT2D eigenvalue weighted by molar-refractivity contribution is 0.407. The van der Waals surface area contributed by atoms with E-state index in [0.29, 0.717) is 0 Å². The van der Waals surface area contributed by atoms with Gasteiger partial charge in [0.1, 0.15) is 17.4 Å². The summed E-state index contributed by atoms with van der Waals surface area (Å²) >= 11 is 0. The molecule has 0 aliphatic heterocycles. The molecule has 7 heteroatoms. The molecule has 5 aromatic carbocycles. The number of methoxy groups -OCH3 is 1. The van der Waals surface area contributed by atoms with Crippen LogP contribution in [0.3, 0.4) is 0 Å². The van der Waals surface area contributed by atoms with E-state index in [-0.39, 0.29) is 50.1 Å². The first-order valence-corrected chi connectivity index (χ1v) is 10.1. The molecule has 0 bridgehead atoms. The van der Waals surface area contributed by atoms with Crippen LogP contribution in [0.4, 0.5) is 26.3 Å². The molecular weight excluding hydrogens is 454 g/mol. The summed E-state index contributed by atoms with van der Waals surface area (Å²) in [5.74, 6) is -8.09. The zero-order valence-electron chi connectivity index (χ0n) is 17.5. The van der Waals surface area contributed by atoms with E-state index < -0.39 is 40.5 Å². The number of fused-ring (bicyclic) bond motifs is 2. The van der Waals surface area contributed by atoms with Crippen LogP contribution in [0, 0.1) is 34.9 Å². The van der Waals surface area contributed by atoms with E-state index in [9.17, 15) is 17.6 Å². The third-order valence-electron chi connectivity index (χ3n) is 5.79. The molecule has 0 aromatic heterocycles. The van der Waals surface area contributed by atoms with E-state index in [1.807, 2.05) is 0 Å². The van der Waals surface area contributed by atoms with E-state index in [1.165, 1.54) is 31.4 Å². The molecule has 0 N–H and O–H groups in total. The smallest absolute Gasteiger partial charge is 0.169 e. The van der Waals surface area contributed by atoms with Crippen LogP contribution in [0.15, 0.2) is 66.7 Å². The Hall–Kier alpha value is -4.00. The molecule has 0 aliphatic rings. The van der Waals surface area contributed by atoms with Crippen molar-refractivity contribution in [3.8, 4) is 28.0 Å². The number of hydrogen-bond acceptors (Lipinski definition) is 1. The van der Waals surface area contributed by atoms with Crippen molar-refractivity contribution in [3.63, 3.8) is 0 Å². The SMILES string of the molecule is COc1cc(F)c(-c2c3ccccc3c(-c3c(F)c(F)cc(F)c3F)c3ccccc23)c(F)c1. The highest BCUT2D eigenvalue weighted by Crippen LogP contribution is 2.46. The van der Waals surface area contributed by atoms with Crippen molar-refractivity contribution < 1.29 is 31.1 Å². The Balaban J connectivity index is 2.03. The van der Waals surface area contributed by atoms with Crippen molar-refractivity contribution in [3.05, 3.63) is 102 Å². The average Bonchev–Trinajstić information content (AvgIpc) is 2.83. The van der Waals surface area contributed by atoms with Crippen LogP contribution in [-0.2, 0) is 0 Å². The predicted octanol–water partition coefficient (Wildman–Crippen LogP) is 8.17. The second kappa shape index (κ2) is 8.09. The van der Waals surface area contributed by atoms with Crippen LogP contribution in [0.25, 0.3) is 43.8 Å². The fourth-order valence-corrected chi connectivity index (χ4v) is 4.37. The molecule has 0 radical (unpaired) electrons. The van der Waals surface area contributed by atoms with Crippen molar-refractivity contribution in [1.29, 1.82) is 0 Å². The molecule has 0 spiro atoms. The van der Waals surface area contributed by atoms with Gasteiger partial charge in [-0.25, -0.2) is 26.3 Å². The van der Waals surface area contributed by atoms with E-state index in [1.54, 1.807) is 24.3 Å². The van der Waals surface area contributed by atoms with Crippen molar-refractivity contribution >= 4 is 21.5 Å². The summed E-state index contributed by atoms with van der Waals surface area (Å²) in [4.78, 5) is 0. The highest BCUT2D eigenvalue weighted by molar-refractivity contribution is 6.21. The molecule has 5 aromatic rings. The minimum atomic E-state index is -1.57. The number of rotatable bonds is 3. The van der Waals surface area contributed by atoms with Gasteiger partial charge in [-0.05, 0) is 21.5 Å². The van der Waals surface area contributed by atoms with E-state index in [0.717, 1.165) is 12.1 Å². The van der Waals surface area contributed by atoms with Gasteiger partial charge >= 0.3 is 0 Å². The lowest BCUT2D eigenvalue weighted by atomic mass is 9.85. The second-order valence-corrected chi connectivity index (χ2v) is 7.65. The van der Waals surface area contributed by atoms with Crippen molar-refractivity contribution in [2.45, 2.75) is 0 Å². The molecule has 170 valence electrons. The van der Waals surface area contributed by atoms with Crippen LogP contribution in [0.5, 0.6) is 5.75 Å². The Labute approximate surface area is 189 Å². The Morgan fingerprint density at radius 1 is 0.471 bits per heavy atom. The Kier molecular flexibility index (Phi) is 5.20. The summed E-state index contributed by atoms with van der Waals surface area (Å²) in [6, 6.07) is 14.5. The van der Waals surface area contributed by atoms with Gasteiger partial charge in [0.2, 0.25) is 0 Å².